The number of nitrogens with zero attached hydrogens (tertiary/aromatic N) is 1. The molecular weight excluding hydrogens is 264 g/mol. The molecule has 3 heteroatoms. The molecule has 2 aromatic heterocycles. The predicted octanol–water partition coefficient (Wildman–Crippen LogP) is 4.62. The molecule has 3 rings (SSSR count). The monoisotopic (exact) mass is 282 g/mol. The van der Waals surface area contributed by atoms with Crippen LogP contribution in [0.4, 0.5) is 0 Å². The SMILES string of the molecule is CC(C)C(N)c1ccc(-c2cccc3cccnc23)s1. The first kappa shape index (κ1) is 13.3. The summed E-state index contributed by atoms with van der Waals surface area (Å²) in [7, 11) is 0. The summed E-state index contributed by atoms with van der Waals surface area (Å²) in [5.41, 5.74) is 8.48. The van der Waals surface area contributed by atoms with Crippen molar-refractivity contribution in [2.24, 2.45) is 11.7 Å². The van der Waals surface area contributed by atoms with Gasteiger partial charge in [-0.05, 0) is 24.1 Å². The number of para-hydroxylation sites is 1. The van der Waals surface area contributed by atoms with Crippen molar-refractivity contribution in [1.29, 1.82) is 0 Å². The van der Waals surface area contributed by atoms with Crippen LogP contribution in [-0.4, -0.2) is 4.98 Å². The fourth-order valence-corrected chi connectivity index (χ4v) is 3.52. The lowest BCUT2D eigenvalue weighted by molar-refractivity contribution is 0.521. The van der Waals surface area contributed by atoms with E-state index < -0.39 is 0 Å². The molecule has 2 N–H and O–H groups in total. The molecule has 2 heterocycles. The zero-order valence-corrected chi connectivity index (χ0v) is 12.5. The Bertz CT molecular complexity index is 725. The van der Waals surface area contributed by atoms with Gasteiger partial charge in [0.15, 0.2) is 0 Å². The topological polar surface area (TPSA) is 38.9 Å². The Morgan fingerprint density at radius 1 is 1.05 bits per heavy atom. The lowest BCUT2D eigenvalue weighted by Gasteiger charge is -2.12. The summed E-state index contributed by atoms with van der Waals surface area (Å²) in [6, 6.07) is 14.8. The first-order chi connectivity index (χ1) is 9.66. The number of nitrogens with two attached hydrogens (primary N) is 1. The number of fused-ring (bicyclic) bond motifs is 1. The Morgan fingerprint density at radius 2 is 1.85 bits per heavy atom. The molecule has 0 bridgehead atoms. The summed E-state index contributed by atoms with van der Waals surface area (Å²) in [4.78, 5) is 7.00. The van der Waals surface area contributed by atoms with Crippen molar-refractivity contribution in [3.05, 3.63) is 53.5 Å². The van der Waals surface area contributed by atoms with E-state index in [1.807, 2.05) is 12.3 Å². The first-order valence-corrected chi connectivity index (χ1v) is 7.68. The highest BCUT2D eigenvalue weighted by atomic mass is 32.1. The third-order valence-electron chi connectivity index (χ3n) is 3.57. The van der Waals surface area contributed by atoms with Crippen molar-refractivity contribution in [3.63, 3.8) is 0 Å². The van der Waals surface area contributed by atoms with Crippen LogP contribution in [0.2, 0.25) is 0 Å². The van der Waals surface area contributed by atoms with Gasteiger partial charge in [-0.1, -0.05) is 38.1 Å². The van der Waals surface area contributed by atoms with Gasteiger partial charge in [0.1, 0.15) is 0 Å². The van der Waals surface area contributed by atoms with E-state index in [4.69, 9.17) is 5.73 Å². The van der Waals surface area contributed by atoms with Crippen LogP contribution in [0.1, 0.15) is 24.8 Å². The number of hydrogen-bond acceptors (Lipinski definition) is 3. The predicted molar refractivity (Wildman–Crippen MR) is 86.8 cm³/mol. The number of benzene rings is 1. The fraction of sp³-hybridized carbons (Fsp3) is 0.235. The molecule has 102 valence electrons. The van der Waals surface area contributed by atoms with Crippen LogP contribution in [0.3, 0.4) is 0 Å². The number of thiophene rings is 1. The highest BCUT2D eigenvalue weighted by molar-refractivity contribution is 7.15. The molecular formula is C17H18N2S. The molecule has 20 heavy (non-hydrogen) atoms. The van der Waals surface area contributed by atoms with Gasteiger partial charge < -0.3 is 5.73 Å². The highest BCUT2D eigenvalue weighted by Gasteiger charge is 2.14. The number of pyridine rings is 1. The van der Waals surface area contributed by atoms with Gasteiger partial charge in [-0.2, -0.15) is 0 Å². The van der Waals surface area contributed by atoms with Crippen LogP contribution in [0.25, 0.3) is 21.3 Å². The molecule has 2 nitrogen and oxygen atoms in total. The highest BCUT2D eigenvalue weighted by Crippen LogP contribution is 2.35. The molecule has 0 radical (unpaired) electrons. The molecule has 0 saturated carbocycles. The van der Waals surface area contributed by atoms with Gasteiger partial charge >= 0.3 is 0 Å². The average molecular weight is 282 g/mol. The van der Waals surface area contributed by atoms with E-state index in [2.05, 4.69) is 55.2 Å². The molecule has 0 aliphatic carbocycles. The second-order valence-electron chi connectivity index (χ2n) is 5.35. The Labute approximate surface area is 123 Å². The largest absolute Gasteiger partial charge is 0.323 e. The van der Waals surface area contributed by atoms with E-state index in [1.165, 1.54) is 20.7 Å². The van der Waals surface area contributed by atoms with E-state index in [0.29, 0.717) is 5.92 Å². The van der Waals surface area contributed by atoms with Gasteiger partial charge in [-0.15, -0.1) is 11.3 Å². The molecule has 0 amide bonds. The normalized spacial score (nSPS) is 13.0. The zero-order chi connectivity index (χ0) is 14.1. The van der Waals surface area contributed by atoms with Crippen molar-refractivity contribution in [1.82, 2.24) is 4.98 Å². The summed E-state index contributed by atoms with van der Waals surface area (Å²) in [5, 5.41) is 1.17. The van der Waals surface area contributed by atoms with Gasteiger partial charge in [-0.3, -0.25) is 4.98 Å². The average Bonchev–Trinajstić information content (AvgIpc) is 2.95. The van der Waals surface area contributed by atoms with Crippen molar-refractivity contribution in [2.75, 3.05) is 0 Å². The van der Waals surface area contributed by atoms with E-state index in [1.54, 1.807) is 11.3 Å². The maximum absolute atomic E-state index is 6.24. The van der Waals surface area contributed by atoms with Gasteiger partial charge in [0.2, 0.25) is 0 Å². The van der Waals surface area contributed by atoms with Crippen LogP contribution < -0.4 is 5.73 Å². The van der Waals surface area contributed by atoms with Crippen LogP contribution in [-0.2, 0) is 0 Å². The Hall–Kier alpha value is -1.71. The molecule has 1 unspecified atom stereocenters. The lowest BCUT2D eigenvalue weighted by Crippen LogP contribution is -2.14. The lowest BCUT2D eigenvalue weighted by atomic mass is 10.0. The minimum Gasteiger partial charge on any atom is -0.323 e. The summed E-state index contributed by atoms with van der Waals surface area (Å²) in [6.45, 7) is 4.31. The molecule has 0 saturated heterocycles. The summed E-state index contributed by atoms with van der Waals surface area (Å²) >= 11 is 1.77. The Morgan fingerprint density at radius 3 is 2.65 bits per heavy atom. The second-order valence-corrected chi connectivity index (χ2v) is 6.47. The quantitative estimate of drug-likeness (QED) is 0.761. The minimum absolute atomic E-state index is 0.108. The molecule has 3 aromatic rings. The third-order valence-corrected chi connectivity index (χ3v) is 4.79. The van der Waals surface area contributed by atoms with Crippen molar-refractivity contribution < 1.29 is 0 Å². The smallest absolute Gasteiger partial charge is 0.0788 e. The van der Waals surface area contributed by atoms with Crippen LogP contribution in [0.15, 0.2) is 48.7 Å². The third kappa shape index (κ3) is 2.35. The second kappa shape index (κ2) is 5.35. The van der Waals surface area contributed by atoms with Gasteiger partial charge in [0, 0.05) is 32.9 Å². The minimum atomic E-state index is 0.108. The Kier molecular flexibility index (Phi) is 3.55. The van der Waals surface area contributed by atoms with Gasteiger partial charge in [-0.25, -0.2) is 0 Å². The zero-order valence-electron chi connectivity index (χ0n) is 11.7. The number of aromatic nitrogens is 1. The molecule has 0 aliphatic heterocycles. The first-order valence-electron chi connectivity index (χ1n) is 6.86. The van der Waals surface area contributed by atoms with Crippen molar-refractivity contribution in [3.8, 4) is 10.4 Å². The maximum Gasteiger partial charge on any atom is 0.0788 e. The fourth-order valence-electron chi connectivity index (χ4n) is 2.31. The summed E-state index contributed by atoms with van der Waals surface area (Å²) < 4.78 is 0. The molecule has 1 aromatic carbocycles. The Balaban J connectivity index is 2.08. The summed E-state index contributed by atoms with van der Waals surface area (Å²) in [5.74, 6) is 0.451. The number of rotatable bonds is 3. The van der Waals surface area contributed by atoms with E-state index in [9.17, 15) is 0 Å². The van der Waals surface area contributed by atoms with E-state index in [-0.39, 0.29) is 6.04 Å². The molecule has 0 fully saturated rings. The summed E-state index contributed by atoms with van der Waals surface area (Å²) in [6.07, 6.45) is 1.85. The van der Waals surface area contributed by atoms with Crippen molar-refractivity contribution >= 4 is 22.2 Å². The molecule has 1 atom stereocenters. The molecule has 0 spiro atoms. The van der Waals surface area contributed by atoms with E-state index >= 15 is 0 Å². The van der Waals surface area contributed by atoms with Gasteiger partial charge in [0.05, 0.1) is 5.52 Å². The van der Waals surface area contributed by atoms with Crippen molar-refractivity contribution in [2.45, 2.75) is 19.9 Å². The van der Waals surface area contributed by atoms with E-state index in [0.717, 1.165) is 5.52 Å². The van der Waals surface area contributed by atoms with Crippen LogP contribution >= 0.6 is 11.3 Å². The molecule has 0 aliphatic rings. The number of hydrogen-bond donors (Lipinski definition) is 1. The maximum atomic E-state index is 6.24. The standard InChI is InChI=1S/C17H18N2S/c1-11(2)16(18)15-9-8-14(20-15)13-7-3-5-12-6-4-10-19-17(12)13/h3-11,16H,18H2,1-2H3. The van der Waals surface area contributed by atoms with Crippen LogP contribution in [0.5, 0.6) is 0 Å². The van der Waals surface area contributed by atoms with Gasteiger partial charge in [0.25, 0.3) is 0 Å². The van der Waals surface area contributed by atoms with Crippen LogP contribution in [0, 0.1) is 5.92 Å².